The standard InChI is InChI=1S/C12H25NO2/c1-5-6-10(4)12(8-13,11(14)15)7-9(2)3/h9-10H,5-8,13H2,1-4H3,(H,14,15). The summed E-state index contributed by atoms with van der Waals surface area (Å²) >= 11 is 0. The molecule has 0 aromatic carbocycles. The van der Waals surface area contributed by atoms with Crippen LogP contribution in [0.4, 0.5) is 0 Å². The molecular weight excluding hydrogens is 190 g/mol. The van der Waals surface area contributed by atoms with Crippen LogP contribution in [0.5, 0.6) is 0 Å². The first kappa shape index (κ1) is 14.4. The molecule has 0 aromatic rings. The van der Waals surface area contributed by atoms with E-state index < -0.39 is 11.4 Å². The number of carboxylic acids is 1. The molecule has 3 heteroatoms. The Bertz CT molecular complexity index is 204. The van der Waals surface area contributed by atoms with Crippen LogP contribution in [-0.4, -0.2) is 17.6 Å². The van der Waals surface area contributed by atoms with Crippen LogP contribution in [0, 0.1) is 17.3 Å². The van der Waals surface area contributed by atoms with Crippen molar-refractivity contribution in [2.75, 3.05) is 6.54 Å². The molecule has 0 radical (unpaired) electrons. The van der Waals surface area contributed by atoms with Crippen LogP contribution >= 0.6 is 0 Å². The molecule has 0 amide bonds. The second kappa shape index (κ2) is 6.11. The number of carbonyl (C=O) groups is 1. The molecule has 2 unspecified atom stereocenters. The lowest BCUT2D eigenvalue weighted by Crippen LogP contribution is -2.45. The predicted octanol–water partition coefficient (Wildman–Crippen LogP) is 2.50. The number of carboxylic acid groups (broad SMARTS) is 1. The smallest absolute Gasteiger partial charge is 0.311 e. The quantitative estimate of drug-likeness (QED) is 0.686. The Balaban J connectivity index is 4.87. The summed E-state index contributed by atoms with van der Waals surface area (Å²) in [5.41, 5.74) is 4.98. The van der Waals surface area contributed by atoms with Crippen LogP contribution in [0.1, 0.15) is 47.0 Å². The van der Waals surface area contributed by atoms with Gasteiger partial charge < -0.3 is 10.8 Å². The van der Waals surface area contributed by atoms with Gasteiger partial charge in [0, 0.05) is 6.54 Å². The van der Waals surface area contributed by atoms with E-state index >= 15 is 0 Å². The van der Waals surface area contributed by atoms with E-state index in [0.29, 0.717) is 12.3 Å². The van der Waals surface area contributed by atoms with Crippen LogP contribution < -0.4 is 5.73 Å². The maximum atomic E-state index is 11.4. The van der Waals surface area contributed by atoms with Crippen LogP contribution in [0.15, 0.2) is 0 Å². The minimum atomic E-state index is -0.736. The molecule has 3 N–H and O–H groups in total. The topological polar surface area (TPSA) is 63.3 Å². The fraction of sp³-hybridized carbons (Fsp3) is 0.917. The van der Waals surface area contributed by atoms with Crippen molar-refractivity contribution >= 4 is 5.97 Å². The zero-order chi connectivity index (χ0) is 12.1. The van der Waals surface area contributed by atoms with E-state index in [2.05, 4.69) is 6.92 Å². The average molecular weight is 215 g/mol. The zero-order valence-electron chi connectivity index (χ0n) is 10.4. The van der Waals surface area contributed by atoms with Gasteiger partial charge in [-0.25, -0.2) is 0 Å². The van der Waals surface area contributed by atoms with Crippen molar-refractivity contribution in [2.24, 2.45) is 23.0 Å². The Hall–Kier alpha value is -0.570. The van der Waals surface area contributed by atoms with E-state index in [1.165, 1.54) is 0 Å². The van der Waals surface area contributed by atoms with Crippen molar-refractivity contribution in [1.82, 2.24) is 0 Å². The third kappa shape index (κ3) is 3.49. The first-order valence-corrected chi connectivity index (χ1v) is 5.84. The zero-order valence-corrected chi connectivity index (χ0v) is 10.4. The number of nitrogens with two attached hydrogens (primary N) is 1. The third-order valence-electron chi connectivity index (χ3n) is 3.23. The molecule has 0 saturated heterocycles. The lowest BCUT2D eigenvalue weighted by Gasteiger charge is -2.35. The molecule has 0 bridgehead atoms. The van der Waals surface area contributed by atoms with Gasteiger partial charge in [0.05, 0.1) is 5.41 Å². The summed E-state index contributed by atoms with van der Waals surface area (Å²) < 4.78 is 0. The summed E-state index contributed by atoms with van der Waals surface area (Å²) in [6.07, 6.45) is 2.60. The van der Waals surface area contributed by atoms with E-state index in [1.807, 2.05) is 20.8 Å². The fourth-order valence-corrected chi connectivity index (χ4v) is 2.31. The predicted molar refractivity (Wildman–Crippen MR) is 62.7 cm³/mol. The molecular formula is C12H25NO2. The molecule has 3 nitrogen and oxygen atoms in total. The van der Waals surface area contributed by atoms with Crippen molar-refractivity contribution in [3.8, 4) is 0 Å². The van der Waals surface area contributed by atoms with Gasteiger partial charge in [0.25, 0.3) is 0 Å². The van der Waals surface area contributed by atoms with E-state index in [4.69, 9.17) is 5.73 Å². The molecule has 0 aliphatic rings. The van der Waals surface area contributed by atoms with Gasteiger partial charge in [-0.15, -0.1) is 0 Å². The SMILES string of the molecule is CCCC(C)C(CN)(CC(C)C)C(=O)O. The van der Waals surface area contributed by atoms with Gasteiger partial charge in [0.2, 0.25) is 0 Å². The average Bonchev–Trinajstić information content (AvgIpc) is 2.13. The highest BCUT2D eigenvalue weighted by atomic mass is 16.4. The maximum absolute atomic E-state index is 11.4. The monoisotopic (exact) mass is 215 g/mol. The van der Waals surface area contributed by atoms with Crippen LogP contribution in [0.2, 0.25) is 0 Å². The molecule has 90 valence electrons. The maximum Gasteiger partial charge on any atom is 0.311 e. The van der Waals surface area contributed by atoms with Gasteiger partial charge in [0.15, 0.2) is 0 Å². The van der Waals surface area contributed by atoms with Crippen LogP contribution in [0.25, 0.3) is 0 Å². The highest BCUT2D eigenvalue weighted by molar-refractivity contribution is 5.75. The number of rotatable bonds is 7. The van der Waals surface area contributed by atoms with Crippen molar-refractivity contribution in [1.29, 1.82) is 0 Å². The Morgan fingerprint density at radius 1 is 1.40 bits per heavy atom. The van der Waals surface area contributed by atoms with Crippen LogP contribution in [0.3, 0.4) is 0 Å². The van der Waals surface area contributed by atoms with Gasteiger partial charge in [-0.3, -0.25) is 4.79 Å². The van der Waals surface area contributed by atoms with Gasteiger partial charge in [-0.05, 0) is 24.7 Å². The van der Waals surface area contributed by atoms with E-state index in [1.54, 1.807) is 0 Å². The van der Waals surface area contributed by atoms with E-state index in [-0.39, 0.29) is 12.5 Å². The Labute approximate surface area is 93.0 Å². The normalized spacial score (nSPS) is 17.5. The summed E-state index contributed by atoms with van der Waals surface area (Å²) in [6.45, 7) is 8.42. The molecule has 15 heavy (non-hydrogen) atoms. The molecule has 0 saturated carbocycles. The molecule has 0 aliphatic heterocycles. The van der Waals surface area contributed by atoms with E-state index in [9.17, 15) is 9.90 Å². The minimum Gasteiger partial charge on any atom is -0.481 e. The number of hydrogen-bond donors (Lipinski definition) is 2. The molecule has 0 aliphatic carbocycles. The summed E-state index contributed by atoms with van der Waals surface area (Å²) in [4.78, 5) is 11.4. The van der Waals surface area contributed by atoms with Crippen molar-refractivity contribution < 1.29 is 9.90 Å². The van der Waals surface area contributed by atoms with Gasteiger partial charge in [-0.2, -0.15) is 0 Å². The van der Waals surface area contributed by atoms with E-state index in [0.717, 1.165) is 12.8 Å². The van der Waals surface area contributed by atoms with Gasteiger partial charge >= 0.3 is 5.97 Å². The van der Waals surface area contributed by atoms with Crippen LogP contribution in [-0.2, 0) is 4.79 Å². The first-order chi connectivity index (χ1) is 6.90. The summed E-state index contributed by atoms with van der Waals surface area (Å²) in [6, 6.07) is 0. The Kier molecular flexibility index (Phi) is 5.88. The summed E-state index contributed by atoms with van der Waals surface area (Å²) in [5.74, 6) is -0.226. The number of hydrogen-bond acceptors (Lipinski definition) is 2. The molecule has 0 heterocycles. The molecule has 0 rings (SSSR count). The summed E-state index contributed by atoms with van der Waals surface area (Å²) in [7, 11) is 0. The van der Waals surface area contributed by atoms with Crippen molar-refractivity contribution in [3.63, 3.8) is 0 Å². The second-order valence-corrected chi connectivity index (χ2v) is 4.95. The van der Waals surface area contributed by atoms with Gasteiger partial charge in [-0.1, -0.05) is 34.1 Å². The summed E-state index contributed by atoms with van der Waals surface area (Å²) in [5, 5.41) is 9.39. The highest BCUT2D eigenvalue weighted by Gasteiger charge is 2.42. The lowest BCUT2D eigenvalue weighted by molar-refractivity contribution is -0.153. The largest absolute Gasteiger partial charge is 0.481 e. The number of aliphatic carboxylic acids is 1. The third-order valence-corrected chi connectivity index (χ3v) is 3.23. The molecule has 2 atom stereocenters. The molecule has 0 fully saturated rings. The Morgan fingerprint density at radius 3 is 2.20 bits per heavy atom. The Morgan fingerprint density at radius 2 is 1.93 bits per heavy atom. The minimum absolute atomic E-state index is 0.146. The first-order valence-electron chi connectivity index (χ1n) is 5.84. The van der Waals surface area contributed by atoms with Crippen molar-refractivity contribution in [3.05, 3.63) is 0 Å². The molecule has 0 spiro atoms. The van der Waals surface area contributed by atoms with Crippen molar-refractivity contribution in [2.45, 2.75) is 47.0 Å². The lowest BCUT2D eigenvalue weighted by atomic mass is 9.69. The van der Waals surface area contributed by atoms with Gasteiger partial charge in [0.1, 0.15) is 0 Å². The second-order valence-electron chi connectivity index (χ2n) is 4.95. The highest BCUT2D eigenvalue weighted by Crippen LogP contribution is 2.36. The fourth-order valence-electron chi connectivity index (χ4n) is 2.31. The molecule has 0 aromatic heterocycles.